The van der Waals surface area contributed by atoms with Gasteiger partial charge in [0.2, 0.25) is 18.6 Å². The van der Waals surface area contributed by atoms with Crippen molar-refractivity contribution in [3.8, 4) is 11.5 Å². The molecular formula is C20H19N3O4S. The molecule has 0 spiro atoms. The monoisotopic (exact) mass is 397 g/mol. The zero-order chi connectivity index (χ0) is 19.7. The van der Waals surface area contributed by atoms with Crippen molar-refractivity contribution in [2.24, 2.45) is 4.99 Å². The molecule has 2 amide bonds. The van der Waals surface area contributed by atoms with Crippen LogP contribution in [-0.2, 0) is 9.59 Å². The SMILES string of the molecule is Cc1cccc(NC(=O)C[C@@H]2SC(=Nc3ccc4c(c3)OCO4)N(C)C2=O)c1. The lowest BCUT2D eigenvalue weighted by Crippen LogP contribution is -2.30. The summed E-state index contributed by atoms with van der Waals surface area (Å²) in [6, 6.07) is 12.9. The van der Waals surface area contributed by atoms with E-state index >= 15 is 0 Å². The first kappa shape index (κ1) is 18.4. The summed E-state index contributed by atoms with van der Waals surface area (Å²) in [5.74, 6) is 0.976. The van der Waals surface area contributed by atoms with Crippen LogP contribution >= 0.6 is 11.8 Å². The molecule has 1 atom stereocenters. The first-order valence-corrected chi connectivity index (χ1v) is 9.66. The fourth-order valence-corrected chi connectivity index (χ4v) is 4.12. The number of benzene rings is 2. The molecule has 7 nitrogen and oxygen atoms in total. The van der Waals surface area contributed by atoms with E-state index in [1.807, 2.05) is 31.2 Å². The zero-order valence-corrected chi connectivity index (χ0v) is 16.3. The van der Waals surface area contributed by atoms with E-state index in [1.165, 1.54) is 16.7 Å². The number of hydrogen-bond acceptors (Lipinski definition) is 6. The molecule has 8 heteroatoms. The molecule has 144 valence electrons. The van der Waals surface area contributed by atoms with E-state index in [0.29, 0.717) is 22.4 Å². The maximum Gasteiger partial charge on any atom is 0.242 e. The van der Waals surface area contributed by atoms with Crippen LogP contribution in [0.5, 0.6) is 11.5 Å². The van der Waals surface area contributed by atoms with Gasteiger partial charge < -0.3 is 14.8 Å². The van der Waals surface area contributed by atoms with E-state index in [4.69, 9.17) is 9.47 Å². The molecule has 0 radical (unpaired) electrons. The Hall–Kier alpha value is -3.00. The molecule has 2 aromatic carbocycles. The maximum atomic E-state index is 12.5. The van der Waals surface area contributed by atoms with Crippen LogP contribution in [0.2, 0.25) is 0 Å². The van der Waals surface area contributed by atoms with E-state index in [1.54, 1.807) is 25.2 Å². The zero-order valence-electron chi connectivity index (χ0n) is 15.5. The van der Waals surface area contributed by atoms with E-state index in [2.05, 4.69) is 10.3 Å². The number of nitrogens with zero attached hydrogens (tertiary/aromatic N) is 2. The standard InChI is InChI=1S/C20H19N3O4S/c1-12-4-3-5-13(8-12)21-18(24)10-17-19(25)23(2)20(28-17)22-14-6-7-15-16(9-14)27-11-26-15/h3-9,17H,10-11H2,1-2H3,(H,21,24)/t17-/m0/s1. The lowest BCUT2D eigenvalue weighted by atomic mass is 10.2. The Morgan fingerprint density at radius 1 is 1.25 bits per heavy atom. The van der Waals surface area contributed by atoms with Crippen LogP contribution in [0.25, 0.3) is 0 Å². The number of thioether (sulfide) groups is 1. The van der Waals surface area contributed by atoms with Crippen LogP contribution in [-0.4, -0.2) is 41.0 Å². The number of aryl methyl sites for hydroxylation is 1. The highest BCUT2D eigenvalue weighted by molar-refractivity contribution is 8.15. The molecule has 2 aliphatic heterocycles. The number of ether oxygens (including phenoxy) is 2. The van der Waals surface area contributed by atoms with Gasteiger partial charge in [-0.2, -0.15) is 0 Å². The van der Waals surface area contributed by atoms with Crippen molar-refractivity contribution < 1.29 is 19.1 Å². The first-order valence-electron chi connectivity index (χ1n) is 8.79. The fraction of sp³-hybridized carbons (Fsp3) is 0.250. The van der Waals surface area contributed by atoms with Crippen molar-refractivity contribution in [2.45, 2.75) is 18.6 Å². The molecule has 2 heterocycles. The molecule has 4 rings (SSSR count). The third-order valence-corrected chi connectivity index (χ3v) is 5.62. The molecule has 0 bridgehead atoms. The van der Waals surface area contributed by atoms with Crippen LogP contribution in [0.1, 0.15) is 12.0 Å². The molecule has 1 fully saturated rings. The van der Waals surface area contributed by atoms with Gasteiger partial charge in [-0.1, -0.05) is 23.9 Å². The number of amides is 2. The minimum atomic E-state index is -0.498. The van der Waals surface area contributed by atoms with Gasteiger partial charge in [0.25, 0.3) is 0 Å². The molecule has 0 unspecified atom stereocenters. The van der Waals surface area contributed by atoms with Crippen molar-refractivity contribution in [3.63, 3.8) is 0 Å². The van der Waals surface area contributed by atoms with Gasteiger partial charge in [0.1, 0.15) is 5.25 Å². The summed E-state index contributed by atoms with van der Waals surface area (Å²) in [4.78, 5) is 30.9. The second-order valence-corrected chi connectivity index (χ2v) is 7.73. The quantitative estimate of drug-likeness (QED) is 0.856. The van der Waals surface area contributed by atoms with Crippen molar-refractivity contribution >= 4 is 40.1 Å². The fourth-order valence-electron chi connectivity index (χ4n) is 2.97. The Morgan fingerprint density at radius 3 is 2.89 bits per heavy atom. The van der Waals surface area contributed by atoms with E-state index < -0.39 is 5.25 Å². The molecule has 1 saturated heterocycles. The van der Waals surface area contributed by atoms with Crippen molar-refractivity contribution in [3.05, 3.63) is 48.0 Å². The smallest absolute Gasteiger partial charge is 0.242 e. The van der Waals surface area contributed by atoms with Gasteiger partial charge >= 0.3 is 0 Å². The number of carbonyl (C=O) groups excluding carboxylic acids is 2. The average molecular weight is 397 g/mol. The molecule has 1 N–H and O–H groups in total. The molecule has 0 saturated carbocycles. The van der Waals surface area contributed by atoms with Crippen molar-refractivity contribution in [1.82, 2.24) is 4.90 Å². The van der Waals surface area contributed by atoms with Crippen molar-refractivity contribution in [2.75, 3.05) is 19.2 Å². The first-order chi connectivity index (χ1) is 13.5. The molecule has 2 aromatic rings. The highest BCUT2D eigenvalue weighted by Gasteiger charge is 2.37. The summed E-state index contributed by atoms with van der Waals surface area (Å²) in [6.45, 7) is 2.15. The summed E-state index contributed by atoms with van der Waals surface area (Å²) < 4.78 is 10.7. The van der Waals surface area contributed by atoms with Crippen LogP contribution in [0.3, 0.4) is 0 Å². The van der Waals surface area contributed by atoms with Gasteiger partial charge in [0.15, 0.2) is 16.7 Å². The Balaban J connectivity index is 1.44. The van der Waals surface area contributed by atoms with Crippen LogP contribution in [0.15, 0.2) is 47.5 Å². The normalized spacial score (nSPS) is 19.4. The average Bonchev–Trinajstić information content (AvgIpc) is 3.22. The molecule has 2 aliphatic rings. The summed E-state index contributed by atoms with van der Waals surface area (Å²) in [7, 11) is 1.67. The summed E-state index contributed by atoms with van der Waals surface area (Å²) in [5.41, 5.74) is 2.45. The summed E-state index contributed by atoms with van der Waals surface area (Å²) in [5, 5.41) is 2.90. The van der Waals surface area contributed by atoms with Gasteiger partial charge in [-0.25, -0.2) is 4.99 Å². The van der Waals surface area contributed by atoms with Gasteiger partial charge in [-0.3, -0.25) is 14.5 Å². The summed E-state index contributed by atoms with van der Waals surface area (Å²) >= 11 is 1.29. The number of anilines is 1. The Bertz CT molecular complexity index is 976. The number of nitrogens with one attached hydrogen (secondary N) is 1. The molecular weight excluding hydrogens is 378 g/mol. The van der Waals surface area contributed by atoms with Gasteiger partial charge in [0, 0.05) is 25.2 Å². The minimum absolute atomic E-state index is 0.0853. The predicted molar refractivity (Wildman–Crippen MR) is 108 cm³/mol. The minimum Gasteiger partial charge on any atom is -0.454 e. The highest BCUT2D eigenvalue weighted by atomic mass is 32.2. The second-order valence-electron chi connectivity index (χ2n) is 6.56. The number of amidine groups is 1. The number of fused-ring (bicyclic) bond motifs is 1. The van der Waals surface area contributed by atoms with Gasteiger partial charge in [0.05, 0.1) is 5.69 Å². The molecule has 0 aromatic heterocycles. The largest absolute Gasteiger partial charge is 0.454 e. The highest BCUT2D eigenvalue weighted by Crippen LogP contribution is 2.37. The Labute approximate surface area is 166 Å². The van der Waals surface area contributed by atoms with Crippen LogP contribution in [0.4, 0.5) is 11.4 Å². The molecule has 0 aliphatic carbocycles. The van der Waals surface area contributed by atoms with Crippen LogP contribution < -0.4 is 14.8 Å². The number of carbonyl (C=O) groups is 2. The number of hydrogen-bond donors (Lipinski definition) is 1. The van der Waals surface area contributed by atoms with E-state index in [9.17, 15) is 9.59 Å². The van der Waals surface area contributed by atoms with Crippen molar-refractivity contribution in [1.29, 1.82) is 0 Å². The topological polar surface area (TPSA) is 80.2 Å². The van der Waals surface area contributed by atoms with Gasteiger partial charge in [-0.05, 0) is 36.8 Å². The van der Waals surface area contributed by atoms with Gasteiger partial charge in [-0.15, -0.1) is 0 Å². The van der Waals surface area contributed by atoms with E-state index in [-0.39, 0.29) is 25.0 Å². The lowest BCUT2D eigenvalue weighted by molar-refractivity contribution is -0.127. The molecule has 28 heavy (non-hydrogen) atoms. The third-order valence-electron chi connectivity index (χ3n) is 4.39. The lowest BCUT2D eigenvalue weighted by Gasteiger charge is -2.09. The Morgan fingerprint density at radius 2 is 2.07 bits per heavy atom. The third kappa shape index (κ3) is 3.82. The van der Waals surface area contributed by atoms with Crippen LogP contribution in [0, 0.1) is 6.92 Å². The van der Waals surface area contributed by atoms with E-state index in [0.717, 1.165) is 11.3 Å². The number of rotatable bonds is 4. The predicted octanol–water partition coefficient (Wildman–Crippen LogP) is 3.31. The summed E-state index contributed by atoms with van der Waals surface area (Å²) in [6.07, 6.45) is 0.0853. The maximum absolute atomic E-state index is 12.5. The Kier molecular flexibility index (Phi) is 4.95. The second kappa shape index (κ2) is 7.55. The number of aliphatic imine (C=N–C) groups is 1.